The van der Waals surface area contributed by atoms with E-state index in [2.05, 4.69) is 0 Å². The highest BCUT2D eigenvalue weighted by atomic mass is 16.5. The highest BCUT2D eigenvalue weighted by Gasteiger charge is 2.64. The number of likely N-dealkylation sites (tertiary alicyclic amines) is 1. The van der Waals surface area contributed by atoms with Gasteiger partial charge in [-0.15, -0.1) is 0 Å². The number of nitrogens with zero attached hydrogens (tertiary/aromatic N) is 1. The van der Waals surface area contributed by atoms with Crippen molar-refractivity contribution >= 4 is 11.9 Å². The summed E-state index contributed by atoms with van der Waals surface area (Å²) < 4.78 is 15.9. The second-order valence-electron chi connectivity index (χ2n) is 6.73. The molecule has 1 saturated heterocycles. The van der Waals surface area contributed by atoms with Crippen LogP contribution in [0.2, 0.25) is 0 Å². The number of carbonyl (C=O) groups is 2. The molecule has 0 spiro atoms. The first-order chi connectivity index (χ1) is 12.0. The number of methoxy groups -OCH3 is 2. The topological polar surface area (TPSA) is 65.1 Å². The van der Waals surface area contributed by atoms with Crippen molar-refractivity contribution in [1.82, 2.24) is 4.90 Å². The molecule has 1 saturated carbocycles. The monoisotopic (exact) mass is 347 g/mol. The standard InChI is InChI=1S/C19H25NO5/c1-5-25-19(22)17-16-11(2)8-15(21)20(18(16)17)10-12-6-7-13(23-3)9-14(12)24-4/h6-7,9,11,16-18H,5,8,10H2,1-4H3/t11-,16-,17+,18-/m0/s1. The zero-order valence-electron chi connectivity index (χ0n) is 15.2. The number of hydrogen-bond donors (Lipinski definition) is 0. The fraction of sp³-hybridized carbons (Fsp3) is 0.579. The summed E-state index contributed by atoms with van der Waals surface area (Å²) in [6, 6.07) is 5.49. The smallest absolute Gasteiger partial charge is 0.311 e. The molecular formula is C19H25NO5. The molecule has 1 amide bonds. The lowest BCUT2D eigenvalue weighted by Crippen LogP contribution is -2.39. The van der Waals surface area contributed by atoms with Crippen molar-refractivity contribution in [2.24, 2.45) is 17.8 Å². The number of carbonyl (C=O) groups excluding carboxylic acids is 2. The molecule has 0 aromatic heterocycles. The molecule has 1 aromatic rings. The quantitative estimate of drug-likeness (QED) is 0.739. The number of esters is 1. The van der Waals surface area contributed by atoms with Gasteiger partial charge in [0.1, 0.15) is 11.5 Å². The normalized spacial score (nSPS) is 27.5. The maximum absolute atomic E-state index is 12.6. The summed E-state index contributed by atoms with van der Waals surface area (Å²) in [5.41, 5.74) is 0.902. The first kappa shape index (κ1) is 17.6. The third-order valence-electron chi connectivity index (χ3n) is 5.26. The molecule has 4 atom stereocenters. The van der Waals surface area contributed by atoms with Crippen LogP contribution in [0.25, 0.3) is 0 Å². The Bertz CT molecular complexity index is 674. The van der Waals surface area contributed by atoms with E-state index in [9.17, 15) is 9.59 Å². The molecule has 0 radical (unpaired) electrons. The average molecular weight is 347 g/mol. The Balaban J connectivity index is 1.82. The summed E-state index contributed by atoms with van der Waals surface area (Å²) in [5, 5.41) is 0. The molecule has 25 heavy (non-hydrogen) atoms. The van der Waals surface area contributed by atoms with Crippen LogP contribution < -0.4 is 9.47 Å². The zero-order valence-corrected chi connectivity index (χ0v) is 15.2. The molecule has 2 aliphatic rings. The van der Waals surface area contributed by atoms with E-state index in [1.165, 1.54) is 0 Å². The highest BCUT2D eigenvalue weighted by Crippen LogP contribution is 2.53. The molecular weight excluding hydrogens is 322 g/mol. The van der Waals surface area contributed by atoms with E-state index in [0.29, 0.717) is 31.1 Å². The molecule has 1 aliphatic carbocycles. The molecule has 0 unspecified atom stereocenters. The molecule has 0 bridgehead atoms. The van der Waals surface area contributed by atoms with E-state index in [-0.39, 0.29) is 35.7 Å². The van der Waals surface area contributed by atoms with Gasteiger partial charge in [-0.1, -0.05) is 6.92 Å². The molecule has 1 aliphatic heterocycles. The predicted octanol–water partition coefficient (Wildman–Crippen LogP) is 2.25. The van der Waals surface area contributed by atoms with Crippen LogP contribution in [0, 0.1) is 17.8 Å². The van der Waals surface area contributed by atoms with E-state index in [4.69, 9.17) is 14.2 Å². The molecule has 1 aromatic carbocycles. The maximum Gasteiger partial charge on any atom is 0.311 e. The number of hydrogen-bond acceptors (Lipinski definition) is 5. The minimum absolute atomic E-state index is 0.0675. The lowest BCUT2D eigenvalue weighted by molar-refractivity contribution is -0.145. The largest absolute Gasteiger partial charge is 0.497 e. The molecule has 6 nitrogen and oxygen atoms in total. The Kier molecular flexibility index (Phi) is 4.88. The molecule has 1 heterocycles. The first-order valence-corrected chi connectivity index (χ1v) is 8.68. The van der Waals surface area contributed by atoms with Gasteiger partial charge >= 0.3 is 5.97 Å². The van der Waals surface area contributed by atoms with Gasteiger partial charge in [0.15, 0.2) is 0 Å². The van der Waals surface area contributed by atoms with Crippen LogP contribution in [0.3, 0.4) is 0 Å². The minimum Gasteiger partial charge on any atom is -0.497 e. The van der Waals surface area contributed by atoms with E-state index in [0.717, 1.165) is 5.56 Å². The van der Waals surface area contributed by atoms with Crippen molar-refractivity contribution in [1.29, 1.82) is 0 Å². The first-order valence-electron chi connectivity index (χ1n) is 8.68. The number of piperidine rings is 1. The third kappa shape index (κ3) is 3.17. The van der Waals surface area contributed by atoms with Crippen LogP contribution >= 0.6 is 0 Å². The van der Waals surface area contributed by atoms with Gasteiger partial charge in [-0.2, -0.15) is 0 Å². The van der Waals surface area contributed by atoms with Gasteiger partial charge in [0.25, 0.3) is 0 Å². The minimum atomic E-state index is -0.203. The van der Waals surface area contributed by atoms with Crippen molar-refractivity contribution in [3.05, 3.63) is 23.8 Å². The summed E-state index contributed by atoms with van der Waals surface area (Å²) in [6.45, 7) is 4.64. The SMILES string of the molecule is CCOC(=O)[C@@H]1[C@H]2[C@@H]1N(Cc1ccc(OC)cc1OC)C(=O)C[C@@H]2C. The van der Waals surface area contributed by atoms with Crippen LogP contribution in [0.15, 0.2) is 18.2 Å². The summed E-state index contributed by atoms with van der Waals surface area (Å²) in [5.74, 6) is 1.47. The van der Waals surface area contributed by atoms with Gasteiger partial charge in [-0.3, -0.25) is 9.59 Å². The molecule has 3 rings (SSSR count). The number of rotatable bonds is 6. The van der Waals surface area contributed by atoms with Crippen molar-refractivity contribution < 1.29 is 23.8 Å². The van der Waals surface area contributed by atoms with Crippen molar-refractivity contribution in [3.63, 3.8) is 0 Å². The Morgan fingerprint density at radius 3 is 2.68 bits per heavy atom. The van der Waals surface area contributed by atoms with Gasteiger partial charge in [0, 0.05) is 30.6 Å². The Labute approximate surface area is 148 Å². The van der Waals surface area contributed by atoms with Crippen LogP contribution in [0.4, 0.5) is 0 Å². The molecule has 136 valence electrons. The lowest BCUT2D eigenvalue weighted by Gasteiger charge is -2.30. The van der Waals surface area contributed by atoms with Crippen LogP contribution in [0.1, 0.15) is 25.8 Å². The van der Waals surface area contributed by atoms with Crippen molar-refractivity contribution in [2.45, 2.75) is 32.9 Å². The summed E-state index contributed by atoms with van der Waals surface area (Å²) in [6.07, 6.45) is 0.468. The Hall–Kier alpha value is -2.24. The van der Waals surface area contributed by atoms with Crippen LogP contribution in [-0.4, -0.2) is 43.6 Å². The Morgan fingerprint density at radius 1 is 1.28 bits per heavy atom. The maximum atomic E-state index is 12.6. The number of fused-ring (bicyclic) bond motifs is 1. The predicted molar refractivity (Wildman–Crippen MR) is 91.3 cm³/mol. The van der Waals surface area contributed by atoms with E-state index < -0.39 is 0 Å². The zero-order chi connectivity index (χ0) is 18.1. The van der Waals surface area contributed by atoms with Gasteiger partial charge in [-0.25, -0.2) is 0 Å². The average Bonchev–Trinajstić information content (AvgIpc) is 3.35. The third-order valence-corrected chi connectivity index (χ3v) is 5.26. The van der Waals surface area contributed by atoms with Gasteiger partial charge in [0.05, 0.1) is 26.7 Å². The van der Waals surface area contributed by atoms with Crippen LogP contribution in [0.5, 0.6) is 11.5 Å². The van der Waals surface area contributed by atoms with E-state index in [1.807, 2.05) is 24.0 Å². The van der Waals surface area contributed by atoms with Crippen molar-refractivity contribution in [3.8, 4) is 11.5 Å². The van der Waals surface area contributed by atoms with Gasteiger partial charge in [0.2, 0.25) is 5.91 Å². The summed E-state index contributed by atoms with van der Waals surface area (Å²) in [7, 11) is 3.20. The summed E-state index contributed by atoms with van der Waals surface area (Å²) >= 11 is 0. The van der Waals surface area contributed by atoms with Crippen molar-refractivity contribution in [2.75, 3.05) is 20.8 Å². The summed E-state index contributed by atoms with van der Waals surface area (Å²) in [4.78, 5) is 26.6. The lowest BCUT2D eigenvalue weighted by atomic mass is 9.96. The number of benzene rings is 1. The fourth-order valence-electron chi connectivity index (χ4n) is 4.00. The van der Waals surface area contributed by atoms with Crippen LogP contribution in [-0.2, 0) is 20.9 Å². The van der Waals surface area contributed by atoms with E-state index >= 15 is 0 Å². The number of ether oxygens (including phenoxy) is 3. The van der Waals surface area contributed by atoms with Gasteiger partial charge in [-0.05, 0) is 30.9 Å². The molecule has 6 heteroatoms. The number of amides is 1. The second kappa shape index (κ2) is 6.94. The highest BCUT2D eigenvalue weighted by molar-refractivity contribution is 5.84. The second-order valence-corrected chi connectivity index (χ2v) is 6.73. The fourth-order valence-corrected chi connectivity index (χ4v) is 4.00. The van der Waals surface area contributed by atoms with E-state index in [1.54, 1.807) is 27.2 Å². The molecule has 0 N–H and O–H groups in total. The molecule has 2 fully saturated rings. The van der Waals surface area contributed by atoms with Gasteiger partial charge < -0.3 is 19.1 Å². The Morgan fingerprint density at radius 2 is 2.04 bits per heavy atom.